The van der Waals surface area contributed by atoms with Crippen LogP contribution in [0.1, 0.15) is 33.6 Å². The lowest BCUT2D eigenvalue weighted by Gasteiger charge is -2.09. The van der Waals surface area contributed by atoms with Crippen LogP contribution in [0, 0.1) is 0 Å². The van der Waals surface area contributed by atoms with Crippen LogP contribution in [0.3, 0.4) is 0 Å². The summed E-state index contributed by atoms with van der Waals surface area (Å²) in [6.45, 7) is 6.65. The van der Waals surface area contributed by atoms with Gasteiger partial charge in [0, 0.05) is 11.6 Å². The molecule has 0 aromatic carbocycles. The van der Waals surface area contributed by atoms with Crippen molar-refractivity contribution in [1.29, 1.82) is 0 Å². The number of aliphatic carboxylic acids is 1. The zero-order valence-corrected chi connectivity index (χ0v) is 8.63. The van der Waals surface area contributed by atoms with Crippen molar-refractivity contribution >= 4 is 5.97 Å². The molecule has 1 unspecified atom stereocenters. The zero-order valence-electron chi connectivity index (χ0n) is 8.63. The molecule has 0 spiro atoms. The summed E-state index contributed by atoms with van der Waals surface area (Å²) in [5, 5.41) is 11.8. The largest absolute Gasteiger partial charge is 0.478 e. The van der Waals surface area contributed by atoms with E-state index in [1.165, 1.54) is 0 Å². The summed E-state index contributed by atoms with van der Waals surface area (Å²) < 4.78 is 0. The second-order valence-electron chi connectivity index (χ2n) is 3.25. The standard InChI is InChI=1S/C10H19NO2/c1-4-5-6-11-9(3)7-8(2)10(12)13/h7,9,11H,4-6H2,1-3H3,(H,12,13). The van der Waals surface area contributed by atoms with Crippen LogP contribution in [0.25, 0.3) is 0 Å². The van der Waals surface area contributed by atoms with E-state index in [9.17, 15) is 4.79 Å². The van der Waals surface area contributed by atoms with E-state index >= 15 is 0 Å². The van der Waals surface area contributed by atoms with E-state index in [-0.39, 0.29) is 6.04 Å². The summed E-state index contributed by atoms with van der Waals surface area (Å²) in [6, 6.07) is 0.141. The summed E-state index contributed by atoms with van der Waals surface area (Å²) in [4.78, 5) is 10.5. The molecule has 1 atom stereocenters. The quantitative estimate of drug-likeness (QED) is 0.490. The fourth-order valence-electron chi connectivity index (χ4n) is 1.01. The van der Waals surface area contributed by atoms with Gasteiger partial charge in [0.1, 0.15) is 0 Å². The Morgan fingerprint density at radius 2 is 2.23 bits per heavy atom. The Bertz CT molecular complexity index is 187. The summed E-state index contributed by atoms with van der Waals surface area (Å²) >= 11 is 0. The first-order valence-corrected chi connectivity index (χ1v) is 4.73. The predicted octanol–water partition coefficient (Wildman–Crippen LogP) is 1.80. The van der Waals surface area contributed by atoms with Crippen LogP contribution in [0.15, 0.2) is 11.6 Å². The molecular formula is C10H19NO2. The van der Waals surface area contributed by atoms with Gasteiger partial charge in [-0.1, -0.05) is 19.4 Å². The Morgan fingerprint density at radius 3 is 2.69 bits per heavy atom. The number of unbranched alkanes of at least 4 members (excludes halogenated alkanes) is 1. The van der Waals surface area contributed by atoms with E-state index in [1.807, 2.05) is 6.92 Å². The lowest BCUT2D eigenvalue weighted by atomic mass is 10.2. The SMILES string of the molecule is CCCCNC(C)C=C(C)C(=O)O. The maximum Gasteiger partial charge on any atom is 0.331 e. The number of hydrogen-bond acceptors (Lipinski definition) is 2. The third-order valence-electron chi connectivity index (χ3n) is 1.83. The minimum absolute atomic E-state index is 0.141. The van der Waals surface area contributed by atoms with Gasteiger partial charge in [-0.15, -0.1) is 0 Å². The third kappa shape index (κ3) is 6.34. The van der Waals surface area contributed by atoms with Gasteiger partial charge in [-0.25, -0.2) is 4.79 Å². The Labute approximate surface area is 79.8 Å². The molecule has 0 aromatic heterocycles. The molecule has 0 heterocycles. The Morgan fingerprint density at radius 1 is 1.62 bits per heavy atom. The van der Waals surface area contributed by atoms with E-state index in [1.54, 1.807) is 13.0 Å². The first-order valence-electron chi connectivity index (χ1n) is 4.73. The minimum Gasteiger partial charge on any atom is -0.478 e. The molecule has 0 saturated carbocycles. The van der Waals surface area contributed by atoms with Crippen LogP contribution >= 0.6 is 0 Å². The van der Waals surface area contributed by atoms with Crippen molar-refractivity contribution in [1.82, 2.24) is 5.32 Å². The molecule has 76 valence electrons. The zero-order chi connectivity index (χ0) is 10.3. The molecule has 0 aromatic rings. The van der Waals surface area contributed by atoms with Crippen LogP contribution in [0.5, 0.6) is 0 Å². The first kappa shape index (κ1) is 12.2. The van der Waals surface area contributed by atoms with Crippen molar-refractivity contribution in [3.63, 3.8) is 0 Å². The van der Waals surface area contributed by atoms with Crippen molar-refractivity contribution in [2.24, 2.45) is 0 Å². The lowest BCUT2D eigenvalue weighted by molar-refractivity contribution is -0.132. The normalized spacial score (nSPS) is 14.2. The molecule has 2 N–H and O–H groups in total. The molecular weight excluding hydrogens is 166 g/mol. The molecule has 0 rings (SSSR count). The number of hydrogen-bond donors (Lipinski definition) is 2. The number of carbonyl (C=O) groups is 1. The van der Waals surface area contributed by atoms with Crippen LogP contribution in [-0.4, -0.2) is 23.7 Å². The summed E-state index contributed by atoms with van der Waals surface area (Å²) in [7, 11) is 0. The Kier molecular flexibility index (Phi) is 6.24. The van der Waals surface area contributed by atoms with Gasteiger partial charge in [0.15, 0.2) is 0 Å². The second kappa shape index (κ2) is 6.66. The number of carboxylic acid groups (broad SMARTS) is 1. The summed E-state index contributed by atoms with van der Waals surface area (Å²) in [5.41, 5.74) is 0.400. The maximum absolute atomic E-state index is 10.5. The van der Waals surface area contributed by atoms with E-state index < -0.39 is 5.97 Å². The highest BCUT2D eigenvalue weighted by atomic mass is 16.4. The molecule has 0 aliphatic carbocycles. The highest BCUT2D eigenvalue weighted by molar-refractivity contribution is 5.85. The molecule has 0 aliphatic rings. The fourth-order valence-corrected chi connectivity index (χ4v) is 1.01. The van der Waals surface area contributed by atoms with Gasteiger partial charge in [-0.05, 0) is 26.8 Å². The Balaban J connectivity index is 3.78. The van der Waals surface area contributed by atoms with Gasteiger partial charge < -0.3 is 10.4 Å². The highest BCUT2D eigenvalue weighted by Crippen LogP contribution is 1.96. The molecule has 0 fully saturated rings. The molecule has 0 aliphatic heterocycles. The topological polar surface area (TPSA) is 49.3 Å². The fraction of sp³-hybridized carbons (Fsp3) is 0.700. The smallest absolute Gasteiger partial charge is 0.331 e. The van der Waals surface area contributed by atoms with E-state index in [0.29, 0.717) is 5.57 Å². The summed E-state index contributed by atoms with van der Waals surface area (Å²) in [6.07, 6.45) is 4.02. The Hall–Kier alpha value is -0.830. The van der Waals surface area contributed by atoms with Crippen LogP contribution in [0.2, 0.25) is 0 Å². The molecule has 0 saturated heterocycles. The second-order valence-corrected chi connectivity index (χ2v) is 3.25. The van der Waals surface area contributed by atoms with E-state index in [0.717, 1.165) is 19.4 Å². The minimum atomic E-state index is -0.843. The monoisotopic (exact) mass is 185 g/mol. The van der Waals surface area contributed by atoms with Gasteiger partial charge in [-0.3, -0.25) is 0 Å². The van der Waals surface area contributed by atoms with Crippen LogP contribution in [0.4, 0.5) is 0 Å². The maximum atomic E-state index is 10.5. The van der Waals surface area contributed by atoms with Gasteiger partial charge in [0.05, 0.1) is 0 Å². The van der Waals surface area contributed by atoms with Crippen molar-refractivity contribution in [2.75, 3.05) is 6.54 Å². The molecule has 0 radical (unpaired) electrons. The number of rotatable bonds is 6. The molecule has 0 amide bonds. The van der Waals surface area contributed by atoms with Crippen molar-refractivity contribution in [3.8, 4) is 0 Å². The molecule has 13 heavy (non-hydrogen) atoms. The van der Waals surface area contributed by atoms with Crippen molar-refractivity contribution in [3.05, 3.63) is 11.6 Å². The van der Waals surface area contributed by atoms with E-state index in [2.05, 4.69) is 12.2 Å². The van der Waals surface area contributed by atoms with E-state index in [4.69, 9.17) is 5.11 Å². The summed E-state index contributed by atoms with van der Waals surface area (Å²) in [5.74, 6) is -0.843. The predicted molar refractivity (Wildman–Crippen MR) is 53.8 cm³/mol. The molecule has 3 nitrogen and oxygen atoms in total. The average molecular weight is 185 g/mol. The van der Waals surface area contributed by atoms with Crippen LogP contribution < -0.4 is 5.32 Å². The van der Waals surface area contributed by atoms with Gasteiger partial charge in [-0.2, -0.15) is 0 Å². The number of carboxylic acids is 1. The highest BCUT2D eigenvalue weighted by Gasteiger charge is 2.02. The van der Waals surface area contributed by atoms with Crippen molar-refractivity contribution in [2.45, 2.75) is 39.7 Å². The van der Waals surface area contributed by atoms with Crippen LogP contribution in [-0.2, 0) is 4.79 Å². The average Bonchev–Trinajstić information content (AvgIpc) is 2.04. The van der Waals surface area contributed by atoms with Gasteiger partial charge in [0.25, 0.3) is 0 Å². The van der Waals surface area contributed by atoms with Gasteiger partial charge >= 0.3 is 5.97 Å². The van der Waals surface area contributed by atoms with Crippen molar-refractivity contribution < 1.29 is 9.90 Å². The number of nitrogens with one attached hydrogen (secondary N) is 1. The third-order valence-corrected chi connectivity index (χ3v) is 1.83. The molecule has 0 bridgehead atoms. The molecule has 3 heteroatoms. The lowest BCUT2D eigenvalue weighted by Crippen LogP contribution is -2.25. The van der Waals surface area contributed by atoms with Gasteiger partial charge in [0.2, 0.25) is 0 Å². The first-order chi connectivity index (χ1) is 6.07.